The second-order valence-corrected chi connectivity index (χ2v) is 3.87. The van der Waals surface area contributed by atoms with Gasteiger partial charge in [0.15, 0.2) is 0 Å². The third-order valence-corrected chi connectivity index (χ3v) is 2.43. The van der Waals surface area contributed by atoms with Crippen molar-refractivity contribution >= 4 is 0 Å². The first-order chi connectivity index (χ1) is 6.66. The Morgan fingerprint density at radius 1 is 0.929 bits per heavy atom. The van der Waals surface area contributed by atoms with Crippen LogP contribution in [0, 0.1) is 20.8 Å². The third-order valence-electron chi connectivity index (χ3n) is 2.43. The molecule has 0 aliphatic rings. The van der Waals surface area contributed by atoms with E-state index < -0.39 is 0 Å². The zero-order valence-electron chi connectivity index (χ0n) is 8.91. The minimum atomic E-state index is 1.25. The van der Waals surface area contributed by atoms with E-state index in [4.69, 9.17) is 0 Å². The lowest BCUT2D eigenvalue weighted by Gasteiger charge is -2.06. The molecule has 0 saturated heterocycles. The Labute approximate surface area is 85.0 Å². The Morgan fingerprint density at radius 2 is 1.71 bits per heavy atom. The molecule has 1 aromatic carbocycles. The molecule has 0 unspecified atom stereocenters. The zero-order chi connectivity index (χ0) is 10.1. The molecule has 1 aromatic heterocycles. The number of rotatable bonds is 1. The van der Waals surface area contributed by atoms with Crippen molar-refractivity contribution < 1.29 is 0 Å². The second kappa shape index (κ2) is 3.33. The summed E-state index contributed by atoms with van der Waals surface area (Å²) in [5, 5.41) is 0. The quantitative estimate of drug-likeness (QED) is 0.641. The maximum absolute atomic E-state index is 2.22. The van der Waals surface area contributed by atoms with Crippen LogP contribution in [0.25, 0.3) is 5.69 Å². The lowest BCUT2D eigenvalue weighted by atomic mass is 10.2. The van der Waals surface area contributed by atoms with Gasteiger partial charge in [-0.05, 0) is 50.1 Å². The average molecular weight is 185 g/mol. The second-order valence-electron chi connectivity index (χ2n) is 3.87. The Hall–Kier alpha value is -1.50. The maximum Gasteiger partial charge on any atom is 0.0454 e. The smallest absolute Gasteiger partial charge is 0.0454 e. The molecule has 2 aromatic rings. The van der Waals surface area contributed by atoms with E-state index in [0.717, 1.165) is 0 Å². The summed E-state index contributed by atoms with van der Waals surface area (Å²) in [4.78, 5) is 0. The van der Waals surface area contributed by atoms with E-state index in [-0.39, 0.29) is 0 Å². The van der Waals surface area contributed by atoms with Crippen LogP contribution in [-0.2, 0) is 0 Å². The van der Waals surface area contributed by atoms with Gasteiger partial charge in [-0.3, -0.25) is 0 Å². The van der Waals surface area contributed by atoms with Gasteiger partial charge in [0.05, 0.1) is 0 Å². The molecule has 2 rings (SSSR count). The van der Waals surface area contributed by atoms with Gasteiger partial charge in [0.2, 0.25) is 0 Å². The van der Waals surface area contributed by atoms with Crippen LogP contribution < -0.4 is 0 Å². The van der Waals surface area contributed by atoms with Crippen LogP contribution in [0.3, 0.4) is 0 Å². The van der Waals surface area contributed by atoms with Gasteiger partial charge in [0.1, 0.15) is 0 Å². The fourth-order valence-electron chi connectivity index (χ4n) is 1.80. The molecule has 0 radical (unpaired) electrons. The van der Waals surface area contributed by atoms with Crippen molar-refractivity contribution in [1.29, 1.82) is 0 Å². The largest absolute Gasteiger partial charge is 0.321 e. The summed E-state index contributed by atoms with van der Waals surface area (Å²) in [5.74, 6) is 0. The zero-order valence-corrected chi connectivity index (χ0v) is 8.91. The Balaban J connectivity index is 2.54. The van der Waals surface area contributed by atoms with Crippen molar-refractivity contribution in [3.8, 4) is 5.69 Å². The van der Waals surface area contributed by atoms with E-state index >= 15 is 0 Å². The van der Waals surface area contributed by atoms with Gasteiger partial charge >= 0.3 is 0 Å². The molecule has 0 bridgehead atoms. The summed E-state index contributed by atoms with van der Waals surface area (Å²) in [5.41, 5.74) is 5.14. The molecular formula is C13H15N. The fourth-order valence-corrected chi connectivity index (χ4v) is 1.80. The average Bonchev–Trinajstić information content (AvgIpc) is 2.45. The van der Waals surface area contributed by atoms with E-state index in [2.05, 4.69) is 61.9 Å². The summed E-state index contributed by atoms with van der Waals surface area (Å²) in [7, 11) is 0. The van der Waals surface area contributed by atoms with E-state index in [1.807, 2.05) is 0 Å². The number of hydrogen-bond donors (Lipinski definition) is 0. The molecule has 1 nitrogen and oxygen atoms in total. The van der Waals surface area contributed by atoms with Crippen LogP contribution >= 0.6 is 0 Å². The van der Waals surface area contributed by atoms with Crippen LogP contribution in [0.4, 0.5) is 0 Å². The summed E-state index contributed by atoms with van der Waals surface area (Å²) in [6, 6.07) is 10.8. The molecule has 14 heavy (non-hydrogen) atoms. The number of aryl methyl sites for hydroxylation is 3. The van der Waals surface area contributed by atoms with Crippen LogP contribution in [-0.4, -0.2) is 4.57 Å². The summed E-state index contributed by atoms with van der Waals surface area (Å²) in [6.07, 6.45) is 2.17. The molecule has 0 N–H and O–H groups in total. The normalized spacial score (nSPS) is 10.5. The van der Waals surface area contributed by atoms with Crippen molar-refractivity contribution in [2.24, 2.45) is 0 Å². The monoisotopic (exact) mass is 185 g/mol. The lowest BCUT2D eigenvalue weighted by Crippen LogP contribution is -1.94. The van der Waals surface area contributed by atoms with Crippen LogP contribution in [0.2, 0.25) is 0 Å². The highest BCUT2D eigenvalue weighted by Crippen LogP contribution is 2.15. The molecule has 0 spiro atoms. The van der Waals surface area contributed by atoms with E-state index in [0.29, 0.717) is 0 Å². The molecule has 0 fully saturated rings. The molecule has 0 atom stereocenters. The van der Waals surface area contributed by atoms with Crippen molar-refractivity contribution in [3.05, 3.63) is 53.3 Å². The van der Waals surface area contributed by atoms with Crippen molar-refractivity contribution in [3.63, 3.8) is 0 Å². The molecule has 0 aliphatic carbocycles. The summed E-state index contributed by atoms with van der Waals surface area (Å²) >= 11 is 0. The van der Waals surface area contributed by atoms with Crippen LogP contribution in [0.15, 0.2) is 36.5 Å². The number of aromatic nitrogens is 1. The summed E-state index contributed by atoms with van der Waals surface area (Å²) in [6.45, 7) is 6.38. The number of benzene rings is 1. The third kappa shape index (κ3) is 1.58. The molecule has 1 heterocycles. The van der Waals surface area contributed by atoms with Gasteiger partial charge in [-0.25, -0.2) is 0 Å². The predicted octanol–water partition coefficient (Wildman–Crippen LogP) is 3.40. The molecule has 0 saturated carbocycles. The van der Waals surface area contributed by atoms with E-state index in [1.54, 1.807) is 0 Å². The molecule has 72 valence electrons. The highest BCUT2D eigenvalue weighted by Gasteiger charge is 2.00. The SMILES string of the molecule is Cc1cccc(-n2cc(C)cc2C)c1. The van der Waals surface area contributed by atoms with Gasteiger partial charge in [0.25, 0.3) is 0 Å². The molecule has 0 aliphatic heterocycles. The van der Waals surface area contributed by atoms with E-state index in [9.17, 15) is 0 Å². The number of hydrogen-bond acceptors (Lipinski definition) is 0. The van der Waals surface area contributed by atoms with Crippen LogP contribution in [0.1, 0.15) is 16.8 Å². The predicted molar refractivity (Wildman–Crippen MR) is 60.0 cm³/mol. The highest BCUT2D eigenvalue weighted by molar-refractivity contribution is 5.39. The van der Waals surface area contributed by atoms with Gasteiger partial charge in [-0.2, -0.15) is 0 Å². The topological polar surface area (TPSA) is 4.93 Å². The first-order valence-electron chi connectivity index (χ1n) is 4.89. The van der Waals surface area contributed by atoms with Crippen molar-refractivity contribution in [2.45, 2.75) is 20.8 Å². The van der Waals surface area contributed by atoms with E-state index in [1.165, 1.54) is 22.5 Å². The Kier molecular flexibility index (Phi) is 2.16. The Morgan fingerprint density at radius 3 is 2.29 bits per heavy atom. The first kappa shape index (κ1) is 9.07. The maximum atomic E-state index is 2.22. The number of nitrogens with zero attached hydrogens (tertiary/aromatic N) is 1. The molecule has 0 amide bonds. The molecule has 1 heteroatoms. The van der Waals surface area contributed by atoms with Crippen molar-refractivity contribution in [2.75, 3.05) is 0 Å². The highest BCUT2D eigenvalue weighted by atomic mass is 15.0. The first-order valence-corrected chi connectivity index (χ1v) is 4.89. The fraction of sp³-hybridized carbons (Fsp3) is 0.231. The standard InChI is InChI=1S/C13H15N/c1-10-5-4-6-13(8-10)14-9-11(2)7-12(14)3/h4-9H,1-3H3. The van der Waals surface area contributed by atoms with Gasteiger partial charge in [0, 0.05) is 17.6 Å². The minimum Gasteiger partial charge on any atom is -0.321 e. The molecular weight excluding hydrogens is 170 g/mol. The van der Waals surface area contributed by atoms with Gasteiger partial charge in [-0.15, -0.1) is 0 Å². The van der Waals surface area contributed by atoms with Crippen LogP contribution in [0.5, 0.6) is 0 Å². The Bertz CT molecular complexity index is 452. The van der Waals surface area contributed by atoms with Crippen molar-refractivity contribution in [1.82, 2.24) is 4.57 Å². The van der Waals surface area contributed by atoms with Gasteiger partial charge in [-0.1, -0.05) is 12.1 Å². The van der Waals surface area contributed by atoms with Gasteiger partial charge < -0.3 is 4.57 Å². The lowest BCUT2D eigenvalue weighted by molar-refractivity contribution is 1.01. The minimum absolute atomic E-state index is 1.25. The summed E-state index contributed by atoms with van der Waals surface area (Å²) < 4.78 is 2.22.